The van der Waals surface area contributed by atoms with E-state index < -0.39 is 24.3 Å². The summed E-state index contributed by atoms with van der Waals surface area (Å²) in [6.07, 6.45) is -2.83. The Morgan fingerprint density at radius 2 is 1.72 bits per heavy atom. The Morgan fingerprint density at radius 1 is 1.10 bits per heavy atom. The van der Waals surface area contributed by atoms with E-state index in [-0.39, 0.29) is 18.1 Å². The molecule has 216 valence electrons. The third-order valence-electron chi connectivity index (χ3n) is 5.49. The fourth-order valence-electron chi connectivity index (χ4n) is 3.85. The van der Waals surface area contributed by atoms with Gasteiger partial charge in [0.05, 0.1) is 29.6 Å². The van der Waals surface area contributed by atoms with Gasteiger partial charge in [0.25, 0.3) is 5.91 Å². The van der Waals surface area contributed by atoms with Crippen LogP contribution in [0.5, 0.6) is 0 Å². The van der Waals surface area contributed by atoms with E-state index in [1.807, 2.05) is 24.4 Å². The molecule has 3 N–H and O–H groups in total. The molecular formula is C22H25F6N5O6. The number of alkyl halides is 6. The van der Waals surface area contributed by atoms with Crippen molar-refractivity contribution in [1.29, 1.82) is 0 Å². The molecule has 2 saturated heterocycles. The van der Waals surface area contributed by atoms with E-state index in [0.29, 0.717) is 11.6 Å². The number of likely N-dealkylation sites (tertiary alicyclic amines) is 1. The van der Waals surface area contributed by atoms with Crippen molar-refractivity contribution in [3.8, 4) is 0 Å². The number of carbonyl (C=O) groups is 3. The summed E-state index contributed by atoms with van der Waals surface area (Å²) in [5.74, 6) is -5.61. The second kappa shape index (κ2) is 13.4. The number of aliphatic carboxylic acids is 2. The number of carbonyl (C=O) groups excluding carboxylic acids is 1. The van der Waals surface area contributed by atoms with Crippen LogP contribution in [0.15, 0.2) is 36.8 Å². The van der Waals surface area contributed by atoms with Crippen LogP contribution in [0.25, 0.3) is 0 Å². The van der Waals surface area contributed by atoms with Gasteiger partial charge in [-0.2, -0.15) is 31.4 Å². The molecule has 11 nitrogen and oxygen atoms in total. The molecule has 0 bridgehead atoms. The number of pyridine rings is 1. The number of halogens is 6. The number of hydrogen-bond acceptors (Lipinski definition) is 7. The summed E-state index contributed by atoms with van der Waals surface area (Å²) < 4.78 is 71.1. The summed E-state index contributed by atoms with van der Waals surface area (Å²) >= 11 is 0. The number of carboxylic acids is 2. The van der Waals surface area contributed by atoms with Crippen LogP contribution in [-0.4, -0.2) is 91.4 Å². The number of aromatic nitrogens is 3. The maximum absolute atomic E-state index is 12.5. The van der Waals surface area contributed by atoms with Gasteiger partial charge in [-0.15, -0.1) is 0 Å². The van der Waals surface area contributed by atoms with E-state index in [1.165, 1.54) is 0 Å². The van der Waals surface area contributed by atoms with Crippen LogP contribution in [0, 0.1) is 0 Å². The summed E-state index contributed by atoms with van der Waals surface area (Å²) in [5, 5.41) is 21.5. The van der Waals surface area contributed by atoms with Crippen molar-refractivity contribution in [2.45, 2.75) is 49.9 Å². The minimum Gasteiger partial charge on any atom is -0.475 e. The zero-order chi connectivity index (χ0) is 29.4. The summed E-state index contributed by atoms with van der Waals surface area (Å²) in [4.78, 5) is 37.1. The Balaban J connectivity index is 0.000000317. The minimum absolute atomic E-state index is 0.0123. The summed E-state index contributed by atoms with van der Waals surface area (Å²) in [6, 6.07) is 6.29. The van der Waals surface area contributed by atoms with Crippen molar-refractivity contribution < 1.29 is 55.7 Å². The predicted octanol–water partition coefficient (Wildman–Crippen LogP) is 2.24. The summed E-state index contributed by atoms with van der Waals surface area (Å²) in [6.45, 7) is 2.32. The van der Waals surface area contributed by atoms with Crippen molar-refractivity contribution in [2.75, 3.05) is 13.2 Å². The molecule has 0 radical (unpaired) electrons. The highest BCUT2D eigenvalue weighted by Gasteiger charge is 2.44. The molecule has 0 aliphatic carbocycles. The third-order valence-corrected chi connectivity index (χ3v) is 5.49. The molecule has 0 aromatic carbocycles. The van der Waals surface area contributed by atoms with Crippen LogP contribution in [0.2, 0.25) is 0 Å². The van der Waals surface area contributed by atoms with E-state index in [2.05, 4.69) is 20.3 Å². The highest BCUT2D eigenvalue weighted by molar-refractivity contribution is 5.94. The van der Waals surface area contributed by atoms with Gasteiger partial charge in [0.2, 0.25) is 0 Å². The van der Waals surface area contributed by atoms with Crippen LogP contribution in [-0.2, 0) is 27.9 Å². The molecule has 39 heavy (non-hydrogen) atoms. The van der Waals surface area contributed by atoms with Gasteiger partial charge in [0.1, 0.15) is 0 Å². The van der Waals surface area contributed by atoms with Crippen LogP contribution in [0.3, 0.4) is 0 Å². The van der Waals surface area contributed by atoms with E-state index >= 15 is 0 Å². The first-order chi connectivity index (χ1) is 18.1. The quantitative estimate of drug-likeness (QED) is 0.472. The van der Waals surface area contributed by atoms with Crippen molar-refractivity contribution in [2.24, 2.45) is 7.05 Å². The first-order valence-electron chi connectivity index (χ1n) is 11.2. The van der Waals surface area contributed by atoms with Gasteiger partial charge in [0, 0.05) is 45.2 Å². The van der Waals surface area contributed by atoms with Gasteiger partial charge in [-0.3, -0.25) is 19.4 Å². The van der Waals surface area contributed by atoms with E-state index in [9.17, 15) is 31.1 Å². The van der Waals surface area contributed by atoms with Crippen molar-refractivity contribution in [3.63, 3.8) is 0 Å². The largest absolute Gasteiger partial charge is 0.490 e. The van der Waals surface area contributed by atoms with Crippen molar-refractivity contribution >= 4 is 17.8 Å². The Labute approximate surface area is 217 Å². The lowest BCUT2D eigenvalue weighted by Gasteiger charge is -2.32. The number of nitrogens with zero attached hydrogens (tertiary/aromatic N) is 4. The molecule has 0 spiro atoms. The van der Waals surface area contributed by atoms with E-state index in [4.69, 9.17) is 24.5 Å². The van der Waals surface area contributed by atoms with Crippen molar-refractivity contribution in [1.82, 2.24) is 25.0 Å². The number of amides is 1. The molecule has 2 aromatic rings. The van der Waals surface area contributed by atoms with Crippen LogP contribution in [0.1, 0.15) is 28.9 Å². The SMILES string of the molecule is Cn1cc(C(=O)N[C@@H]2CN(Cc3ccccn3)[C@@H]3CCCO[C@@H]32)cn1.O=C(O)C(F)(F)F.O=C(O)C(F)(F)F. The second-order valence-corrected chi connectivity index (χ2v) is 8.38. The van der Waals surface area contributed by atoms with E-state index in [1.54, 1.807) is 24.1 Å². The molecule has 2 fully saturated rings. The van der Waals surface area contributed by atoms with Gasteiger partial charge >= 0.3 is 24.3 Å². The Morgan fingerprint density at radius 3 is 2.21 bits per heavy atom. The molecular weight excluding hydrogens is 544 g/mol. The number of hydrogen-bond donors (Lipinski definition) is 3. The maximum Gasteiger partial charge on any atom is 0.490 e. The van der Waals surface area contributed by atoms with Gasteiger partial charge in [-0.1, -0.05) is 6.07 Å². The zero-order valence-electron chi connectivity index (χ0n) is 20.3. The maximum atomic E-state index is 12.5. The number of ether oxygens (including phenoxy) is 1. The normalized spacial score (nSPS) is 20.9. The Hall–Kier alpha value is -3.73. The smallest absolute Gasteiger partial charge is 0.475 e. The fourth-order valence-corrected chi connectivity index (χ4v) is 3.85. The van der Waals surface area contributed by atoms with Crippen LogP contribution < -0.4 is 5.32 Å². The van der Waals surface area contributed by atoms with Crippen LogP contribution in [0.4, 0.5) is 26.3 Å². The predicted molar refractivity (Wildman–Crippen MR) is 119 cm³/mol. The second-order valence-electron chi connectivity index (χ2n) is 8.38. The van der Waals surface area contributed by atoms with E-state index in [0.717, 1.165) is 38.2 Å². The molecule has 3 atom stereocenters. The molecule has 2 aromatic heterocycles. The van der Waals surface area contributed by atoms with Gasteiger partial charge in [-0.25, -0.2) is 9.59 Å². The molecule has 0 saturated carbocycles. The van der Waals surface area contributed by atoms with Gasteiger partial charge < -0.3 is 20.3 Å². The molecule has 2 aliphatic heterocycles. The molecule has 4 heterocycles. The Kier molecular flexibility index (Phi) is 10.8. The Bertz CT molecular complexity index is 1090. The summed E-state index contributed by atoms with van der Waals surface area (Å²) in [5.41, 5.74) is 1.63. The number of aryl methyl sites for hydroxylation is 1. The molecule has 17 heteroatoms. The van der Waals surface area contributed by atoms with Gasteiger partial charge in [-0.05, 0) is 25.0 Å². The number of fused-ring (bicyclic) bond motifs is 1. The summed E-state index contributed by atoms with van der Waals surface area (Å²) in [7, 11) is 1.81. The van der Waals surface area contributed by atoms with Crippen LogP contribution >= 0.6 is 0 Å². The molecule has 0 unspecified atom stereocenters. The van der Waals surface area contributed by atoms with Crippen molar-refractivity contribution in [3.05, 3.63) is 48.0 Å². The first kappa shape index (κ1) is 31.5. The monoisotopic (exact) mass is 569 g/mol. The van der Waals surface area contributed by atoms with Gasteiger partial charge in [0.15, 0.2) is 0 Å². The highest BCUT2D eigenvalue weighted by Crippen LogP contribution is 2.30. The number of carboxylic acid groups (broad SMARTS) is 2. The zero-order valence-corrected chi connectivity index (χ0v) is 20.3. The molecule has 2 aliphatic rings. The lowest BCUT2D eigenvalue weighted by molar-refractivity contribution is -0.193. The highest BCUT2D eigenvalue weighted by atomic mass is 19.4. The number of rotatable bonds is 4. The average Bonchev–Trinajstić information content (AvgIpc) is 3.43. The molecule has 4 rings (SSSR count). The average molecular weight is 569 g/mol. The minimum atomic E-state index is -5.08. The number of nitrogens with one attached hydrogen (secondary N) is 1. The molecule has 1 amide bonds. The third kappa shape index (κ3) is 9.82. The lowest BCUT2D eigenvalue weighted by Crippen LogP contribution is -2.47. The first-order valence-corrected chi connectivity index (χ1v) is 11.2. The lowest BCUT2D eigenvalue weighted by atomic mass is 10.0. The fraction of sp³-hybridized carbons (Fsp3) is 0.500. The standard InChI is InChI=1S/C18H23N5O2.2C2HF3O2/c1-22-10-13(9-20-22)18(24)21-15-12-23(11-14-5-2-3-7-19-14)16-6-4-8-25-17(15)16;2*3-2(4,5)1(6)7/h2-3,5,7,9-10,15-17H,4,6,8,11-12H2,1H3,(H,21,24);2*(H,6,7)/t15-,16-,17-;;/m1../s1. The topological polar surface area (TPSA) is 147 Å².